The lowest BCUT2D eigenvalue weighted by Gasteiger charge is -2.16. The quantitative estimate of drug-likeness (QED) is 0.763. The largest absolute Gasteiger partial charge is 0.493 e. The molecule has 26 heavy (non-hydrogen) atoms. The van der Waals surface area contributed by atoms with Crippen molar-refractivity contribution in [2.45, 2.75) is 27.3 Å². The van der Waals surface area contributed by atoms with E-state index < -0.39 is 0 Å². The van der Waals surface area contributed by atoms with Gasteiger partial charge < -0.3 is 19.7 Å². The van der Waals surface area contributed by atoms with Gasteiger partial charge in [0.05, 0.1) is 20.8 Å². The maximum absolute atomic E-state index is 12.3. The molecule has 1 amide bonds. The van der Waals surface area contributed by atoms with Crippen LogP contribution in [0.5, 0.6) is 11.5 Å². The van der Waals surface area contributed by atoms with E-state index in [-0.39, 0.29) is 5.91 Å². The summed E-state index contributed by atoms with van der Waals surface area (Å²) >= 11 is 0. The average molecular weight is 357 g/mol. The zero-order chi connectivity index (χ0) is 19.1. The first-order chi connectivity index (χ1) is 12.4. The van der Waals surface area contributed by atoms with Crippen LogP contribution in [0.1, 0.15) is 23.6 Å². The molecule has 0 spiro atoms. The molecule has 0 bridgehead atoms. The van der Waals surface area contributed by atoms with E-state index in [1.54, 1.807) is 7.11 Å². The van der Waals surface area contributed by atoms with Crippen LogP contribution in [-0.4, -0.2) is 33.2 Å². The van der Waals surface area contributed by atoms with Crippen molar-refractivity contribution >= 4 is 11.6 Å². The molecular formula is C21H29N2O3+. The van der Waals surface area contributed by atoms with Gasteiger partial charge in [0, 0.05) is 11.3 Å². The first-order valence-electron chi connectivity index (χ1n) is 8.91. The summed E-state index contributed by atoms with van der Waals surface area (Å²) in [7, 11) is 3.64. The summed E-state index contributed by atoms with van der Waals surface area (Å²) in [6, 6.07) is 11.9. The molecule has 2 rings (SSSR count). The number of quaternary nitrogens is 1. The van der Waals surface area contributed by atoms with Crippen LogP contribution >= 0.6 is 0 Å². The first-order valence-corrected chi connectivity index (χ1v) is 8.91. The van der Waals surface area contributed by atoms with Gasteiger partial charge in [-0.25, -0.2) is 0 Å². The van der Waals surface area contributed by atoms with Crippen LogP contribution in [0.3, 0.4) is 0 Å². The Bertz CT molecular complexity index is 759. The summed E-state index contributed by atoms with van der Waals surface area (Å²) in [5.74, 6) is 1.47. The minimum Gasteiger partial charge on any atom is -0.493 e. The lowest BCUT2D eigenvalue weighted by Crippen LogP contribution is -3.08. The van der Waals surface area contributed by atoms with Crippen molar-refractivity contribution < 1.29 is 19.2 Å². The molecule has 0 radical (unpaired) electrons. The molecule has 1 unspecified atom stereocenters. The number of likely N-dealkylation sites (N-methyl/N-ethyl adjacent to an activating group) is 1. The molecule has 1 atom stereocenters. The molecule has 0 heterocycles. The number of rotatable bonds is 8. The number of ether oxygens (including phenoxy) is 2. The molecule has 2 N–H and O–H groups in total. The molecule has 0 fully saturated rings. The summed E-state index contributed by atoms with van der Waals surface area (Å²) in [5.41, 5.74) is 4.23. The summed E-state index contributed by atoms with van der Waals surface area (Å²) in [6.07, 6.45) is 0. The van der Waals surface area contributed by atoms with Gasteiger partial charge in [-0.05, 0) is 50.6 Å². The maximum atomic E-state index is 12.3. The number of amides is 1. The molecule has 140 valence electrons. The van der Waals surface area contributed by atoms with Gasteiger partial charge in [0.1, 0.15) is 6.54 Å². The van der Waals surface area contributed by atoms with Gasteiger partial charge in [0.25, 0.3) is 5.91 Å². The van der Waals surface area contributed by atoms with E-state index >= 15 is 0 Å². The van der Waals surface area contributed by atoms with Gasteiger partial charge in [0.15, 0.2) is 18.0 Å². The molecule has 0 aliphatic heterocycles. The molecule has 0 aromatic heterocycles. The predicted molar refractivity (Wildman–Crippen MR) is 104 cm³/mol. The van der Waals surface area contributed by atoms with Crippen molar-refractivity contribution in [2.75, 3.05) is 32.6 Å². The molecule has 5 nitrogen and oxygen atoms in total. The van der Waals surface area contributed by atoms with Crippen LogP contribution in [0.15, 0.2) is 36.4 Å². The van der Waals surface area contributed by atoms with Gasteiger partial charge in [-0.3, -0.25) is 4.79 Å². The highest BCUT2D eigenvalue weighted by Crippen LogP contribution is 2.27. The molecule has 0 saturated carbocycles. The van der Waals surface area contributed by atoms with Crippen LogP contribution in [0.25, 0.3) is 0 Å². The Morgan fingerprint density at radius 3 is 2.54 bits per heavy atom. The summed E-state index contributed by atoms with van der Waals surface area (Å²) in [5, 5.41) is 3.00. The lowest BCUT2D eigenvalue weighted by atomic mass is 10.1. The molecule has 5 heteroatoms. The van der Waals surface area contributed by atoms with E-state index in [1.165, 1.54) is 5.56 Å². The SMILES string of the molecule is CCOc1ccc(C[NH+](C)CC(=O)Nc2ccc(C)cc2C)cc1OC. The standard InChI is InChI=1S/C21H28N2O3/c1-6-26-19-10-8-17(12-20(19)25-5)13-23(4)14-21(24)22-18-9-7-15(2)11-16(18)3/h7-12H,6,13-14H2,1-5H3,(H,22,24)/p+1. The number of methoxy groups -OCH3 is 1. The van der Waals surface area contributed by atoms with E-state index in [9.17, 15) is 4.79 Å². The number of benzene rings is 2. The minimum atomic E-state index is 0.00681. The average Bonchev–Trinajstić information content (AvgIpc) is 2.58. The predicted octanol–water partition coefficient (Wildman–Crippen LogP) is 2.36. The summed E-state index contributed by atoms with van der Waals surface area (Å²) in [4.78, 5) is 13.4. The summed E-state index contributed by atoms with van der Waals surface area (Å²) in [6.45, 7) is 7.71. The van der Waals surface area contributed by atoms with Crippen LogP contribution in [0.4, 0.5) is 5.69 Å². The second-order valence-corrected chi connectivity index (χ2v) is 6.60. The van der Waals surface area contributed by atoms with Crippen LogP contribution in [-0.2, 0) is 11.3 Å². The molecule has 0 aliphatic rings. The Labute approximate surface area is 155 Å². The Morgan fingerprint density at radius 1 is 1.12 bits per heavy atom. The third-order valence-corrected chi connectivity index (χ3v) is 4.15. The van der Waals surface area contributed by atoms with Crippen LogP contribution in [0.2, 0.25) is 0 Å². The zero-order valence-corrected chi connectivity index (χ0v) is 16.3. The molecule has 2 aromatic carbocycles. The van der Waals surface area contributed by atoms with Crippen LogP contribution < -0.4 is 19.7 Å². The van der Waals surface area contributed by atoms with E-state index in [1.807, 2.05) is 58.2 Å². The Hall–Kier alpha value is -2.53. The van der Waals surface area contributed by atoms with Crippen molar-refractivity contribution in [3.05, 3.63) is 53.1 Å². The van der Waals surface area contributed by atoms with Crippen molar-refractivity contribution in [1.82, 2.24) is 0 Å². The number of hydrogen-bond donors (Lipinski definition) is 2. The highest BCUT2D eigenvalue weighted by molar-refractivity contribution is 5.92. The topological polar surface area (TPSA) is 52.0 Å². The number of carbonyl (C=O) groups is 1. The summed E-state index contributed by atoms with van der Waals surface area (Å²) < 4.78 is 10.9. The molecule has 0 saturated heterocycles. The minimum absolute atomic E-state index is 0.00681. The third-order valence-electron chi connectivity index (χ3n) is 4.15. The zero-order valence-electron chi connectivity index (χ0n) is 16.3. The Morgan fingerprint density at radius 2 is 1.88 bits per heavy atom. The fraction of sp³-hybridized carbons (Fsp3) is 0.381. The maximum Gasteiger partial charge on any atom is 0.279 e. The van der Waals surface area contributed by atoms with Crippen LogP contribution in [0, 0.1) is 13.8 Å². The fourth-order valence-corrected chi connectivity index (χ4v) is 2.93. The Kier molecular flexibility index (Phi) is 7.04. The second-order valence-electron chi connectivity index (χ2n) is 6.60. The highest BCUT2D eigenvalue weighted by Gasteiger charge is 2.13. The third kappa shape index (κ3) is 5.49. The van der Waals surface area contributed by atoms with Gasteiger partial charge in [-0.2, -0.15) is 0 Å². The van der Waals surface area contributed by atoms with Crippen molar-refractivity contribution in [3.63, 3.8) is 0 Å². The molecule has 0 aliphatic carbocycles. The van der Waals surface area contributed by atoms with E-state index in [0.29, 0.717) is 13.2 Å². The van der Waals surface area contributed by atoms with Crippen molar-refractivity contribution in [1.29, 1.82) is 0 Å². The first kappa shape index (κ1) is 19.8. The molecular weight excluding hydrogens is 328 g/mol. The number of nitrogens with one attached hydrogen (secondary N) is 2. The van der Waals surface area contributed by atoms with E-state index in [0.717, 1.165) is 39.8 Å². The number of aryl methyl sites for hydroxylation is 2. The molecule has 2 aromatic rings. The van der Waals surface area contributed by atoms with Gasteiger partial charge in [-0.1, -0.05) is 17.7 Å². The number of hydrogen-bond acceptors (Lipinski definition) is 3. The fourth-order valence-electron chi connectivity index (χ4n) is 2.93. The lowest BCUT2D eigenvalue weighted by molar-refractivity contribution is -0.885. The van der Waals surface area contributed by atoms with E-state index in [2.05, 4.69) is 11.4 Å². The van der Waals surface area contributed by atoms with Gasteiger partial charge in [-0.15, -0.1) is 0 Å². The number of carbonyl (C=O) groups excluding carboxylic acids is 1. The Balaban J connectivity index is 1.95. The van der Waals surface area contributed by atoms with Crippen molar-refractivity contribution in [2.24, 2.45) is 0 Å². The second kappa shape index (κ2) is 9.25. The van der Waals surface area contributed by atoms with Crippen molar-refractivity contribution in [3.8, 4) is 11.5 Å². The van der Waals surface area contributed by atoms with Gasteiger partial charge >= 0.3 is 0 Å². The number of anilines is 1. The van der Waals surface area contributed by atoms with E-state index in [4.69, 9.17) is 9.47 Å². The van der Waals surface area contributed by atoms with Gasteiger partial charge in [0.2, 0.25) is 0 Å². The smallest absolute Gasteiger partial charge is 0.279 e. The highest BCUT2D eigenvalue weighted by atomic mass is 16.5. The normalized spacial score (nSPS) is 11.7. The monoisotopic (exact) mass is 357 g/mol.